The van der Waals surface area contributed by atoms with E-state index in [9.17, 15) is 0 Å². The number of nitrogens with zero attached hydrogens (tertiary/aromatic N) is 3. The van der Waals surface area contributed by atoms with Crippen LogP contribution in [0, 0.1) is 0 Å². The maximum atomic E-state index is 4.42. The Balaban J connectivity index is 1.48. The van der Waals surface area contributed by atoms with E-state index in [1.54, 1.807) is 11.3 Å². The zero-order valence-electron chi connectivity index (χ0n) is 13.3. The molecule has 0 bridgehead atoms. The molecule has 1 saturated heterocycles. The number of rotatable bonds is 6. The molecule has 0 aliphatic carbocycles. The Kier molecular flexibility index (Phi) is 5.59. The molecule has 3 nitrogen and oxygen atoms in total. The number of likely N-dealkylation sites (N-methyl/N-ethyl adjacent to an activating group) is 1. The van der Waals surface area contributed by atoms with Crippen LogP contribution < -0.4 is 0 Å². The maximum Gasteiger partial charge on any atom is 0.107 e. The largest absolute Gasteiger partial charge is 0.302 e. The molecule has 0 radical (unpaired) electrons. The van der Waals surface area contributed by atoms with Crippen molar-refractivity contribution in [2.75, 3.05) is 26.7 Å². The summed E-state index contributed by atoms with van der Waals surface area (Å²) >= 11 is 1.77. The van der Waals surface area contributed by atoms with Gasteiger partial charge in [-0.15, -0.1) is 11.3 Å². The molecule has 0 amide bonds. The second-order valence-electron chi connectivity index (χ2n) is 6.17. The Bertz CT molecular complexity index is 541. The second-order valence-corrected chi connectivity index (χ2v) is 7.15. The van der Waals surface area contributed by atoms with Crippen molar-refractivity contribution in [3.8, 4) is 0 Å². The molecule has 1 aliphatic heterocycles. The monoisotopic (exact) mass is 315 g/mol. The summed E-state index contributed by atoms with van der Waals surface area (Å²) in [6.07, 6.45) is 5.67. The summed E-state index contributed by atoms with van der Waals surface area (Å²) in [5.41, 5.74) is 1.44. The standard InChI is InChI=1S/C18H25N3S/c1-20(12-9-16-6-3-2-4-7-16)17-8-5-11-21(14-17)15-18-19-10-13-22-18/h2-4,6-7,10,13,17H,5,8-9,11-12,14-15H2,1H3. The van der Waals surface area contributed by atoms with Gasteiger partial charge in [0.05, 0.1) is 6.54 Å². The molecule has 2 aromatic rings. The predicted molar refractivity (Wildman–Crippen MR) is 93.2 cm³/mol. The van der Waals surface area contributed by atoms with E-state index >= 15 is 0 Å². The van der Waals surface area contributed by atoms with Crippen LogP contribution in [0.25, 0.3) is 0 Å². The molecule has 2 heterocycles. The van der Waals surface area contributed by atoms with E-state index in [4.69, 9.17) is 0 Å². The minimum absolute atomic E-state index is 0.678. The van der Waals surface area contributed by atoms with Gasteiger partial charge in [0.2, 0.25) is 0 Å². The summed E-state index contributed by atoms with van der Waals surface area (Å²) in [6, 6.07) is 11.5. The minimum Gasteiger partial charge on any atom is -0.302 e. The minimum atomic E-state index is 0.678. The smallest absolute Gasteiger partial charge is 0.107 e. The first kappa shape index (κ1) is 15.7. The van der Waals surface area contributed by atoms with Crippen molar-refractivity contribution < 1.29 is 0 Å². The van der Waals surface area contributed by atoms with Crippen molar-refractivity contribution in [2.45, 2.75) is 31.8 Å². The number of piperidine rings is 1. The molecule has 0 saturated carbocycles. The Morgan fingerprint density at radius 1 is 1.32 bits per heavy atom. The zero-order valence-corrected chi connectivity index (χ0v) is 14.1. The second kappa shape index (κ2) is 7.86. The predicted octanol–water partition coefficient (Wildman–Crippen LogP) is 3.28. The average Bonchev–Trinajstić information content (AvgIpc) is 3.07. The molecule has 1 aromatic heterocycles. The van der Waals surface area contributed by atoms with Gasteiger partial charge in [0, 0.05) is 30.7 Å². The highest BCUT2D eigenvalue weighted by molar-refractivity contribution is 7.09. The van der Waals surface area contributed by atoms with Gasteiger partial charge in [0.1, 0.15) is 5.01 Å². The van der Waals surface area contributed by atoms with Gasteiger partial charge in [-0.05, 0) is 38.4 Å². The fourth-order valence-corrected chi connectivity index (χ4v) is 3.85. The van der Waals surface area contributed by atoms with Crippen LogP contribution >= 0.6 is 11.3 Å². The summed E-state index contributed by atoms with van der Waals surface area (Å²) in [5, 5.41) is 3.32. The Hall–Kier alpha value is -1.23. The van der Waals surface area contributed by atoms with Crippen LogP contribution in [0.4, 0.5) is 0 Å². The van der Waals surface area contributed by atoms with Gasteiger partial charge >= 0.3 is 0 Å². The number of likely N-dealkylation sites (tertiary alicyclic amines) is 1. The molecule has 1 atom stereocenters. The van der Waals surface area contributed by atoms with Crippen LogP contribution in [0.2, 0.25) is 0 Å². The number of aromatic nitrogens is 1. The van der Waals surface area contributed by atoms with E-state index in [2.05, 4.69) is 57.5 Å². The first-order valence-electron chi connectivity index (χ1n) is 8.16. The lowest BCUT2D eigenvalue weighted by Gasteiger charge is -2.37. The fourth-order valence-electron chi connectivity index (χ4n) is 3.19. The van der Waals surface area contributed by atoms with Crippen LogP contribution in [0.3, 0.4) is 0 Å². The molecule has 4 heteroatoms. The quantitative estimate of drug-likeness (QED) is 0.815. The Labute approximate surface area is 137 Å². The Morgan fingerprint density at radius 2 is 2.18 bits per heavy atom. The van der Waals surface area contributed by atoms with Gasteiger partial charge in [-0.1, -0.05) is 30.3 Å². The molecule has 1 aromatic carbocycles. The first-order chi connectivity index (χ1) is 10.8. The van der Waals surface area contributed by atoms with E-state index in [0.717, 1.165) is 19.5 Å². The topological polar surface area (TPSA) is 19.4 Å². The molecule has 1 aliphatic rings. The molecule has 1 unspecified atom stereocenters. The molecule has 22 heavy (non-hydrogen) atoms. The third kappa shape index (κ3) is 4.38. The van der Waals surface area contributed by atoms with Crippen LogP contribution in [0.1, 0.15) is 23.4 Å². The SMILES string of the molecule is CN(CCc1ccccc1)C1CCCN(Cc2nccs2)C1. The lowest BCUT2D eigenvalue weighted by Crippen LogP contribution is -2.46. The van der Waals surface area contributed by atoms with Gasteiger partial charge in [-0.2, -0.15) is 0 Å². The summed E-state index contributed by atoms with van der Waals surface area (Å²) in [6.45, 7) is 4.54. The van der Waals surface area contributed by atoms with E-state index in [1.165, 1.54) is 36.5 Å². The molecule has 118 valence electrons. The molecular formula is C18H25N3S. The van der Waals surface area contributed by atoms with Crippen LogP contribution in [0.5, 0.6) is 0 Å². The van der Waals surface area contributed by atoms with Gasteiger partial charge in [0.25, 0.3) is 0 Å². The van der Waals surface area contributed by atoms with Crippen LogP contribution in [-0.4, -0.2) is 47.5 Å². The summed E-state index contributed by atoms with van der Waals surface area (Å²) < 4.78 is 0. The van der Waals surface area contributed by atoms with Crippen molar-refractivity contribution in [2.24, 2.45) is 0 Å². The Morgan fingerprint density at radius 3 is 2.95 bits per heavy atom. The lowest BCUT2D eigenvalue weighted by molar-refractivity contribution is 0.112. The number of hydrogen-bond acceptors (Lipinski definition) is 4. The highest BCUT2D eigenvalue weighted by Gasteiger charge is 2.23. The number of benzene rings is 1. The fraction of sp³-hybridized carbons (Fsp3) is 0.500. The normalized spacial score (nSPS) is 19.6. The lowest BCUT2D eigenvalue weighted by atomic mass is 10.0. The van der Waals surface area contributed by atoms with Crippen molar-refractivity contribution >= 4 is 11.3 Å². The van der Waals surface area contributed by atoms with Gasteiger partial charge in [-0.25, -0.2) is 4.98 Å². The van der Waals surface area contributed by atoms with Crippen LogP contribution in [0.15, 0.2) is 41.9 Å². The maximum absolute atomic E-state index is 4.42. The van der Waals surface area contributed by atoms with E-state index < -0.39 is 0 Å². The van der Waals surface area contributed by atoms with Crippen molar-refractivity contribution in [1.29, 1.82) is 0 Å². The molecular weight excluding hydrogens is 290 g/mol. The van der Waals surface area contributed by atoms with Gasteiger partial charge in [0.15, 0.2) is 0 Å². The van der Waals surface area contributed by atoms with Crippen molar-refractivity contribution in [3.63, 3.8) is 0 Å². The summed E-state index contributed by atoms with van der Waals surface area (Å²) in [4.78, 5) is 9.52. The molecule has 0 N–H and O–H groups in total. The highest BCUT2D eigenvalue weighted by atomic mass is 32.1. The molecule has 3 rings (SSSR count). The molecule has 0 spiro atoms. The van der Waals surface area contributed by atoms with Crippen LogP contribution in [-0.2, 0) is 13.0 Å². The zero-order chi connectivity index (χ0) is 15.2. The first-order valence-corrected chi connectivity index (χ1v) is 9.04. The van der Waals surface area contributed by atoms with Crippen molar-refractivity contribution in [3.05, 3.63) is 52.5 Å². The van der Waals surface area contributed by atoms with Gasteiger partial charge in [-0.3, -0.25) is 4.90 Å². The van der Waals surface area contributed by atoms with Crippen molar-refractivity contribution in [1.82, 2.24) is 14.8 Å². The summed E-state index contributed by atoms with van der Waals surface area (Å²) in [7, 11) is 2.28. The third-order valence-electron chi connectivity index (χ3n) is 4.54. The van der Waals surface area contributed by atoms with E-state index in [0.29, 0.717) is 6.04 Å². The average molecular weight is 315 g/mol. The van der Waals surface area contributed by atoms with E-state index in [-0.39, 0.29) is 0 Å². The summed E-state index contributed by atoms with van der Waals surface area (Å²) in [5.74, 6) is 0. The van der Waals surface area contributed by atoms with E-state index in [1.807, 2.05) is 6.20 Å². The number of hydrogen-bond donors (Lipinski definition) is 0. The van der Waals surface area contributed by atoms with Gasteiger partial charge < -0.3 is 4.90 Å². The third-order valence-corrected chi connectivity index (χ3v) is 5.31. The number of thiazole rings is 1. The highest BCUT2D eigenvalue weighted by Crippen LogP contribution is 2.18. The molecule has 1 fully saturated rings.